The predicted octanol–water partition coefficient (Wildman–Crippen LogP) is 2.73. The van der Waals surface area contributed by atoms with Gasteiger partial charge < -0.3 is 10.6 Å². The topological polar surface area (TPSA) is 98.0 Å². The van der Waals surface area contributed by atoms with Crippen molar-refractivity contribution in [3.05, 3.63) is 52.7 Å². The highest BCUT2D eigenvalue weighted by Gasteiger charge is 2.14. The van der Waals surface area contributed by atoms with E-state index in [0.29, 0.717) is 35.8 Å². The van der Waals surface area contributed by atoms with Gasteiger partial charge in [0.1, 0.15) is 11.6 Å². The van der Waals surface area contributed by atoms with Gasteiger partial charge in [0.05, 0.1) is 5.52 Å². The average Bonchev–Trinajstić information content (AvgIpc) is 2.98. The number of hydrogen-bond acceptors (Lipinski definition) is 4. The van der Waals surface area contributed by atoms with Crippen molar-refractivity contribution in [2.45, 2.75) is 39.8 Å². The highest BCUT2D eigenvalue weighted by Crippen LogP contribution is 2.15. The van der Waals surface area contributed by atoms with Crippen LogP contribution in [-0.4, -0.2) is 25.9 Å². The molecule has 2 heterocycles. The van der Waals surface area contributed by atoms with Gasteiger partial charge in [-0.3, -0.25) is 18.7 Å². The molecule has 0 unspecified atom stereocenters. The standard InChI is InChI=1S/C20H22FN5O3/c1-3-25-15-9-10-16(24-19(15)26(4-2)20(25)29)23-18(28)12-11-17(27)22-14-7-5-13(21)6-8-14/h5-10H,3-4,11-12H2,1-2H3,(H,22,27)(H,23,24,28). The van der Waals surface area contributed by atoms with E-state index in [0.717, 1.165) is 0 Å². The van der Waals surface area contributed by atoms with Gasteiger partial charge in [-0.25, -0.2) is 14.2 Å². The van der Waals surface area contributed by atoms with Crippen LogP contribution in [0, 0.1) is 5.82 Å². The second-order valence-corrected chi connectivity index (χ2v) is 6.41. The summed E-state index contributed by atoms with van der Waals surface area (Å²) in [5.74, 6) is -0.798. The minimum Gasteiger partial charge on any atom is -0.326 e. The molecule has 0 aliphatic carbocycles. The van der Waals surface area contributed by atoms with Crippen LogP contribution in [0.5, 0.6) is 0 Å². The van der Waals surface area contributed by atoms with Gasteiger partial charge in [-0.15, -0.1) is 0 Å². The van der Waals surface area contributed by atoms with Crippen LogP contribution in [0.1, 0.15) is 26.7 Å². The molecule has 1 aromatic carbocycles. The molecule has 2 N–H and O–H groups in total. The lowest BCUT2D eigenvalue weighted by atomic mass is 10.2. The van der Waals surface area contributed by atoms with Crippen molar-refractivity contribution in [1.29, 1.82) is 0 Å². The Morgan fingerprint density at radius 2 is 1.55 bits per heavy atom. The second-order valence-electron chi connectivity index (χ2n) is 6.41. The van der Waals surface area contributed by atoms with Crippen molar-refractivity contribution in [2.75, 3.05) is 10.6 Å². The van der Waals surface area contributed by atoms with Crippen LogP contribution in [0.15, 0.2) is 41.2 Å². The fourth-order valence-corrected chi connectivity index (χ4v) is 3.04. The van der Waals surface area contributed by atoms with Gasteiger partial charge in [-0.1, -0.05) is 0 Å². The highest BCUT2D eigenvalue weighted by molar-refractivity contribution is 5.96. The molecule has 3 rings (SSSR count). The maximum atomic E-state index is 12.9. The number of hydrogen-bond donors (Lipinski definition) is 2. The lowest BCUT2D eigenvalue weighted by molar-refractivity contribution is -0.121. The fourth-order valence-electron chi connectivity index (χ4n) is 3.04. The number of anilines is 2. The molecular formula is C20H22FN5O3. The van der Waals surface area contributed by atoms with Gasteiger partial charge in [0, 0.05) is 31.6 Å². The molecule has 29 heavy (non-hydrogen) atoms. The molecule has 9 heteroatoms. The molecule has 2 amide bonds. The number of imidazole rings is 1. The summed E-state index contributed by atoms with van der Waals surface area (Å²) in [5, 5.41) is 5.26. The first-order valence-corrected chi connectivity index (χ1v) is 9.38. The van der Waals surface area contributed by atoms with Crippen LogP contribution in [0.3, 0.4) is 0 Å². The molecule has 8 nitrogen and oxygen atoms in total. The minimum absolute atomic E-state index is 0.0304. The van der Waals surface area contributed by atoms with Gasteiger partial charge in [-0.2, -0.15) is 0 Å². The van der Waals surface area contributed by atoms with Crippen LogP contribution in [0.2, 0.25) is 0 Å². The Balaban J connectivity index is 1.63. The van der Waals surface area contributed by atoms with Crippen LogP contribution in [-0.2, 0) is 22.7 Å². The summed E-state index contributed by atoms with van der Waals surface area (Å²) >= 11 is 0. The minimum atomic E-state index is -0.394. The predicted molar refractivity (Wildman–Crippen MR) is 108 cm³/mol. The first kappa shape index (κ1) is 20.2. The summed E-state index contributed by atoms with van der Waals surface area (Å²) in [6.45, 7) is 4.73. The number of halogens is 1. The normalized spacial score (nSPS) is 10.9. The van der Waals surface area contributed by atoms with E-state index in [-0.39, 0.29) is 30.3 Å². The van der Waals surface area contributed by atoms with Gasteiger partial charge in [0.15, 0.2) is 5.65 Å². The Morgan fingerprint density at radius 1 is 0.931 bits per heavy atom. The SMILES string of the molecule is CCn1c(=O)n(CC)c2nc(NC(=O)CCC(=O)Nc3ccc(F)cc3)ccc21. The number of nitrogens with zero attached hydrogens (tertiary/aromatic N) is 3. The maximum Gasteiger partial charge on any atom is 0.330 e. The average molecular weight is 399 g/mol. The number of aromatic nitrogens is 3. The molecule has 0 spiro atoms. The van der Waals surface area contributed by atoms with Crippen LogP contribution < -0.4 is 16.3 Å². The Kier molecular flexibility index (Phi) is 6.06. The number of pyridine rings is 1. The van der Waals surface area contributed by atoms with Crippen molar-refractivity contribution in [2.24, 2.45) is 0 Å². The summed E-state index contributed by atoms with van der Waals surface area (Å²) in [4.78, 5) is 40.9. The quantitative estimate of drug-likeness (QED) is 0.638. The van der Waals surface area contributed by atoms with Crippen molar-refractivity contribution in [3.63, 3.8) is 0 Å². The molecule has 2 aromatic heterocycles. The fraction of sp³-hybridized carbons (Fsp3) is 0.300. The number of carbonyl (C=O) groups excluding carboxylic acids is 2. The van der Waals surface area contributed by atoms with Crippen molar-refractivity contribution in [1.82, 2.24) is 14.1 Å². The third-order valence-corrected chi connectivity index (χ3v) is 4.47. The summed E-state index contributed by atoms with van der Waals surface area (Å²) < 4.78 is 16.1. The Morgan fingerprint density at radius 3 is 2.17 bits per heavy atom. The monoisotopic (exact) mass is 399 g/mol. The molecule has 0 fully saturated rings. The third kappa shape index (κ3) is 4.50. The van der Waals surface area contributed by atoms with Crippen molar-refractivity contribution >= 4 is 34.5 Å². The van der Waals surface area contributed by atoms with Crippen LogP contribution in [0.25, 0.3) is 11.2 Å². The van der Waals surface area contributed by atoms with Gasteiger partial charge in [0.25, 0.3) is 0 Å². The van der Waals surface area contributed by atoms with E-state index >= 15 is 0 Å². The second kappa shape index (κ2) is 8.68. The molecule has 0 saturated carbocycles. The van der Waals surface area contributed by atoms with E-state index in [9.17, 15) is 18.8 Å². The van der Waals surface area contributed by atoms with Crippen LogP contribution >= 0.6 is 0 Å². The molecule has 0 aliphatic rings. The number of nitrogens with one attached hydrogen (secondary N) is 2. The zero-order valence-electron chi connectivity index (χ0n) is 16.2. The van der Waals surface area contributed by atoms with E-state index in [1.54, 1.807) is 21.3 Å². The lowest BCUT2D eigenvalue weighted by Crippen LogP contribution is -2.23. The van der Waals surface area contributed by atoms with Gasteiger partial charge in [0.2, 0.25) is 11.8 Å². The molecule has 152 valence electrons. The van der Waals surface area contributed by atoms with E-state index in [2.05, 4.69) is 15.6 Å². The zero-order chi connectivity index (χ0) is 21.0. The Bertz CT molecular complexity index is 1100. The summed E-state index contributed by atoms with van der Waals surface area (Å²) in [7, 11) is 0. The largest absolute Gasteiger partial charge is 0.330 e. The summed E-state index contributed by atoms with van der Waals surface area (Å²) in [6.07, 6.45) is -0.0688. The molecule has 0 radical (unpaired) electrons. The number of amides is 2. The van der Waals surface area contributed by atoms with E-state index in [4.69, 9.17) is 0 Å². The zero-order valence-corrected chi connectivity index (χ0v) is 16.2. The number of aryl methyl sites for hydroxylation is 2. The molecule has 0 bridgehead atoms. The van der Waals surface area contributed by atoms with Crippen molar-refractivity contribution in [3.8, 4) is 0 Å². The first-order valence-electron chi connectivity index (χ1n) is 9.38. The Hall–Kier alpha value is -3.49. The molecule has 3 aromatic rings. The third-order valence-electron chi connectivity index (χ3n) is 4.47. The molecule has 0 saturated heterocycles. The molecule has 0 atom stereocenters. The number of rotatable bonds is 7. The summed E-state index contributed by atoms with van der Waals surface area (Å²) in [6, 6.07) is 8.75. The molecule has 0 aliphatic heterocycles. The van der Waals surface area contributed by atoms with E-state index in [1.807, 2.05) is 13.8 Å². The molecular weight excluding hydrogens is 377 g/mol. The van der Waals surface area contributed by atoms with Gasteiger partial charge >= 0.3 is 5.69 Å². The maximum absolute atomic E-state index is 12.9. The van der Waals surface area contributed by atoms with Crippen molar-refractivity contribution < 1.29 is 14.0 Å². The number of benzene rings is 1. The Labute approximate surface area is 166 Å². The van der Waals surface area contributed by atoms with E-state index in [1.165, 1.54) is 24.3 Å². The number of fused-ring (bicyclic) bond motifs is 1. The van der Waals surface area contributed by atoms with Gasteiger partial charge in [-0.05, 0) is 50.2 Å². The summed E-state index contributed by atoms with van der Waals surface area (Å²) in [5.41, 5.74) is 1.53. The smallest absolute Gasteiger partial charge is 0.326 e. The highest BCUT2D eigenvalue weighted by atomic mass is 19.1. The first-order chi connectivity index (χ1) is 13.9. The lowest BCUT2D eigenvalue weighted by Gasteiger charge is -2.07. The van der Waals surface area contributed by atoms with E-state index < -0.39 is 5.82 Å². The van der Waals surface area contributed by atoms with Crippen LogP contribution in [0.4, 0.5) is 15.9 Å². The number of carbonyl (C=O) groups is 2.